The quantitative estimate of drug-likeness (QED) is 0.656. The topological polar surface area (TPSA) is 45.6 Å². The smallest absolute Gasteiger partial charge is 0.242 e. The molecule has 0 atom stereocenters. The summed E-state index contributed by atoms with van der Waals surface area (Å²) in [4.78, 5) is 29.0. The average molecular weight is 405 g/mol. The minimum atomic E-state index is -0.457. The van der Waals surface area contributed by atoms with Crippen LogP contribution >= 0.6 is 0 Å². The maximum Gasteiger partial charge on any atom is 0.242 e. The van der Waals surface area contributed by atoms with Crippen molar-refractivity contribution in [2.75, 3.05) is 32.7 Å². The van der Waals surface area contributed by atoms with E-state index in [1.807, 2.05) is 23.1 Å². The molecule has 30 heavy (non-hydrogen) atoms. The fourth-order valence-corrected chi connectivity index (χ4v) is 3.75. The fourth-order valence-electron chi connectivity index (χ4n) is 3.75. The molecular formula is C24H24FN3O2. The Morgan fingerprint density at radius 1 is 1.00 bits per heavy atom. The average Bonchev–Trinajstić information content (AvgIpc) is 2.77. The molecule has 6 heteroatoms. The van der Waals surface area contributed by atoms with Crippen molar-refractivity contribution in [1.82, 2.24) is 14.4 Å². The number of piperazine rings is 1. The number of amides is 1. The zero-order valence-electron chi connectivity index (χ0n) is 16.7. The number of aromatic nitrogens is 1. The van der Waals surface area contributed by atoms with Crippen molar-refractivity contribution < 1.29 is 9.18 Å². The molecule has 0 N–H and O–H groups in total. The minimum Gasteiger partial charge on any atom is -0.339 e. The van der Waals surface area contributed by atoms with Crippen LogP contribution in [0.4, 0.5) is 4.39 Å². The van der Waals surface area contributed by atoms with Crippen LogP contribution in [0.25, 0.3) is 17.0 Å². The summed E-state index contributed by atoms with van der Waals surface area (Å²) in [6.07, 6.45) is 5.87. The van der Waals surface area contributed by atoms with Gasteiger partial charge in [0.2, 0.25) is 5.91 Å². The van der Waals surface area contributed by atoms with E-state index in [2.05, 4.69) is 29.2 Å². The molecule has 1 aromatic heterocycles. The molecule has 1 aliphatic rings. The predicted octanol–water partition coefficient (Wildman–Crippen LogP) is 3.00. The largest absolute Gasteiger partial charge is 0.339 e. The van der Waals surface area contributed by atoms with Gasteiger partial charge in [-0.3, -0.25) is 14.5 Å². The summed E-state index contributed by atoms with van der Waals surface area (Å²) in [6, 6.07) is 15.7. The molecule has 3 aromatic rings. The molecule has 0 bridgehead atoms. The van der Waals surface area contributed by atoms with Crippen LogP contribution < -0.4 is 5.43 Å². The van der Waals surface area contributed by atoms with Crippen LogP contribution in [0.15, 0.2) is 71.7 Å². The number of rotatable bonds is 5. The SMILES string of the molecule is O=C(Cn1ccc(=O)c2cc(F)ccc21)N1CCN(C/C=C/c2ccccc2)CC1. The number of fused-ring (bicyclic) bond motifs is 1. The van der Waals surface area contributed by atoms with Gasteiger partial charge in [-0.05, 0) is 23.8 Å². The van der Waals surface area contributed by atoms with Gasteiger partial charge in [-0.15, -0.1) is 0 Å². The lowest BCUT2D eigenvalue weighted by molar-refractivity contribution is -0.133. The van der Waals surface area contributed by atoms with Crippen molar-refractivity contribution in [3.63, 3.8) is 0 Å². The summed E-state index contributed by atoms with van der Waals surface area (Å²) in [5.41, 5.74) is 1.51. The standard InChI is InChI=1S/C24H24FN3O2/c25-20-8-9-22-21(17-20)23(29)10-12-28(22)18-24(30)27-15-13-26(14-16-27)11-4-7-19-5-2-1-3-6-19/h1-10,12,17H,11,13-16,18H2/b7-4+. The predicted molar refractivity (Wildman–Crippen MR) is 117 cm³/mol. The van der Waals surface area contributed by atoms with Gasteiger partial charge in [0.25, 0.3) is 0 Å². The maximum absolute atomic E-state index is 13.5. The van der Waals surface area contributed by atoms with E-state index in [9.17, 15) is 14.0 Å². The number of hydrogen-bond donors (Lipinski definition) is 0. The van der Waals surface area contributed by atoms with Crippen LogP contribution in [0.1, 0.15) is 5.56 Å². The molecule has 2 heterocycles. The van der Waals surface area contributed by atoms with Gasteiger partial charge in [0.15, 0.2) is 5.43 Å². The van der Waals surface area contributed by atoms with Gasteiger partial charge in [0, 0.05) is 50.4 Å². The van der Waals surface area contributed by atoms with Gasteiger partial charge >= 0.3 is 0 Å². The monoisotopic (exact) mass is 405 g/mol. The van der Waals surface area contributed by atoms with E-state index in [0.717, 1.165) is 19.6 Å². The van der Waals surface area contributed by atoms with Crippen molar-refractivity contribution in [2.45, 2.75) is 6.54 Å². The number of hydrogen-bond acceptors (Lipinski definition) is 3. The van der Waals surface area contributed by atoms with Crippen molar-refractivity contribution >= 4 is 22.9 Å². The number of halogens is 1. The van der Waals surface area contributed by atoms with Crippen LogP contribution in [0.3, 0.4) is 0 Å². The molecule has 1 saturated heterocycles. The Bertz CT molecular complexity index is 1120. The third kappa shape index (κ3) is 4.66. The van der Waals surface area contributed by atoms with Crippen LogP contribution in [-0.2, 0) is 11.3 Å². The van der Waals surface area contributed by atoms with Crippen LogP contribution in [0.5, 0.6) is 0 Å². The lowest BCUT2D eigenvalue weighted by Crippen LogP contribution is -2.49. The zero-order valence-corrected chi connectivity index (χ0v) is 16.7. The lowest BCUT2D eigenvalue weighted by atomic mass is 10.2. The fraction of sp³-hybridized carbons (Fsp3) is 0.250. The number of carbonyl (C=O) groups is 1. The van der Waals surface area contributed by atoms with E-state index in [-0.39, 0.29) is 17.9 Å². The van der Waals surface area contributed by atoms with E-state index >= 15 is 0 Å². The molecule has 1 aliphatic heterocycles. The molecule has 2 aromatic carbocycles. The van der Waals surface area contributed by atoms with Gasteiger partial charge in [-0.25, -0.2) is 4.39 Å². The molecule has 154 valence electrons. The molecule has 0 aliphatic carbocycles. The van der Waals surface area contributed by atoms with Crippen LogP contribution in [0.2, 0.25) is 0 Å². The van der Waals surface area contributed by atoms with Gasteiger partial charge < -0.3 is 9.47 Å². The molecule has 0 radical (unpaired) electrons. The first-order chi connectivity index (χ1) is 14.6. The minimum absolute atomic E-state index is 0.00347. The number of nitrogens with zero attached hydrogens (tertiary/aromatic N) is 3. The summed E-state index contributed by atoms with van der Waals surface area (Å²) >= 11 is 0. The van der Waals surface area contributed by atoms with Crippen molar-refractivity contribution in [1.29, 1.82) is 0 Å². The van der Waals surface area contributed by atoms with Gasteiger partial charge in [0.05, 0.1) is 5.52 Å². The first-order valence-corrected chi connectivity index (χ1v) is 10.1. The van der Waals surface area contributed by atoms with Crippen molar-refractivity contribution in [3.05, 3.63) is 88.5 Å². The summed E-state index contributed by atoms with van der Waals surface area (Å²) in [6.45, 7) is 3.97. The maximum atomic E-state index is 13.5. The third-order valence-electron chi connectivity index (χ3n) is 5.44. The third-order valence-corrected chi connectivity index (χ3v) is 5.44. The Balaban J connectivity index is 1.34. The summed E-state index contributed by atoms with van der Waals surface area (Å²) in [5, 5.41) is 0.292. The van der Waals surface area contributed by atoms with E-state index in [4.69, 9.17) is 0 Å². The number of benzene rings is 2. The molecule has 4 rings (SSSR count). The highest BCUT2D eigenvalue weighted by Gasteiger charge is 2.21. The summed E-state index contributed by atoms with van der Waals surface area (Å²) in [5.74, 6) is -0.454. The first kappa shape index (κ1) is 20.0. The van der Waals surface area contributed by atoms with Crippen LogP contribution in [-0.4, -0.2) is 53.0 Å². The normalized spacial score (nSPS) is 15.2. The van der Waals surface area contributed by atoms with Crippen molar-refractivity contribution in [3.8, 4) is 0 Å². The Labute approximate surface area is 174 Å². The van der Waals surface area contributed by atoms with E-state index in [1.54, 1.807) is 16.8 Å². The van der Waals surface area contributed by atoms with E-state index in [0.29, 0.717) is 24.0 Å². The van der Waals surface area contributed by atoms with Crippen LogP contribution in [0, 0.1) is 5.82 Å². The Hall–Kier alpha value is -3.25. The van der Waals surface area contributed by atoms with Gasteiger partial charge in [0.1, 0.15) is 12.4 Å². The molecule has 0 saturated carbocycles. The molecule has 0 unspecified atom stereocenters. The van der Waals surface area contributed by atoms with Gasteiger partial charge in [-0.2, -0.15) is 0 Å². The molecule has 5 nitrogen and oxygen atoms in total. The van der Waals surface area contributed by atoms with Gasteiger partial charge in [-0.1, -0.05) is 42.5 Å². The lowest BCUT2D eigenvalue weighted by Gasteiger charge is -2.34. The van der Waals surface area contributed by atoms with Crippen molar-refractivity contribution in [2.24, 2.45) is 0 Å². The second-order valence-corrected chi connectivity index (χ2v) is 7.46. The van der Waals surface area contributed by atoms with E-state index < -0.39 is 5.82 Å². The summed E-state index contributed by atoms with van der Waals surface area (Å²) in [7, 11) is 0. The highest BCUT2D eigenvalue weighted by molar-refractivity contribution is 5.82. The van der Waals surface area contributed by atoms with E-state index in [1.165, 1.54) is 23.8 Å². The molecular weight excluding hydrogens is 381 g/mol. The Morgan fingerprint density at radius 3 is 2.53 bits per heavy atom. The molecule has 0 spiro atoms. The highest BCUT2D eigenvalue weighted by atomic mass is 19.1. The second kappa shape index (κ2) is 9.05. The number of pyridine rings is 1. The second-order valence-electron chi connectivity index (χ2n) is 7.46. The first-order valence-electron chi connectivity index (χ1n) is 10.1. The highest BCUT2D eigenvalue weighted by Crippen LogP contribution is 2.13. The Kier molecular flexibility index (Phi) is 6.05. The Morgan fingerprint density at radius 2 is 1.77 bits per heavy atom. The zero-order chi connectivity index (χ0) is 20.9. The number of carbonyl (C=O) groups excluding carboxylic acids is 1. The molecule has 1 amide bonds. The summed E-state index contributed by atoms with van der Waals surface area (Å²) < 4.78 is 15.2. The molecule has 1 fully saturated rings.